The van der Waals surface area contributed by atoms with Gasteiger partial charge in [-0.05, 0) is 77.4 Å². The molecule has 0 atom stereocenters. The number of hydrogen-bond donors (Lipinski definition) is 0. The second kappa shape index (κ2) is 11.7. The molecule has 3 aromatic heterocycles. The van der Waals surface area contributed by atoms with Crippen molar-refractivity contribution in [3.63, 3.8) is 0 Å². The van der Waals surface area contributed by atoms with E-state index in [2.05, 4.69) is 175 Å². The summed E-state index contributed by atoms with van der Waals surface area (Å²) in [4.78, 5) is 2.43. The summed E-state index contributed by atoms with van der Waals surface area (Å²) in [5.41, 5.74) is 9.91. The number of fused-ring (bicyclic) bond motifs is 9. The summed E-state index contributed by atoms with van der Waals surface area (Å²) in [5.74, 6) is 0. The van der Waals surface area contributed by atoms with Crippen LogP contribution in [0.25, 0.3) is 84.5 Å². The van der Waals surface area contributed by atoms with Crippen molar-refractivity contribution in [2.75, 3.05) is 4.90 Å². The topological polar surface area (TPSA) is 16.4 Å². The number of benzene rings is 8. The first kappa shape index (κ1) is 29.5. The highest BCUT2D eigenvalue weighted by Crippen LogP contribution is 2.48. The predicted octanol–water partition coefficient (Wildman–Crippen LogP) is 15.1. The monoisotopic (exact) mass is 699 g/mol. The normalized spacial score (nSPS) is 11.8. The first-order chi connectivity index (χ1) is 25.8. The Morgan fingerprint density at radius 3 is 1.98 bits per heavy atom. The molecule has 52 heavy (non-hydrogen) atoms. The predicted molar refractivity (Wildman–Crippen MR) is 225 cm³/mol. The minimum Gasteiger partial charge on any atom is -0.456 e. The lowest BCUT2D eigenvalue weighted by Crippen LogP contribution is -2.11. The molecule has 0 fully saturated rings. The molecule has 244 valence electrons. The van der Waals surface area contributed by atoms with Crippen LogP contribution in [0.15, 0.2) is 180 Å². The van der Waals surface area contributed by atoms with Crippen molar-refractivity contribution < 1.29 is 4.42 Å². The van der Waals surface area contributed by atoms with Crippen molar-refractivity contribution in [2.24, 2.45) is 0 Å². The summed E-state index contributed by atoms with van der Waals surface area (Å²) in [6.45, 7) is 0. The van der Waals surface area contributed by atoms with Gasteiger partial charge in [0, 0.05) is 57.0 Å². The molecule has 0 spiro atoms. The first-order valence-electron chi connectivity index (χ1n) is 17.5. The second-order valence-electron chi connectivity index (χ2n) is 13.2. The van der Waals surface area contributed by atoms with Crippen molar-refractivity contribution in [3.05, 3.63) is 176 Å². The SMILES string of the molecule is c1ccc(-c2ccccc2N(c2ccc3sc4cccc(-c5ccc6c(c5)sc5ccccc56)c4c3c2)c2cccc3oc4ccccc4c23)cc1. The third-order valence-electron chi connectivity index (χ3n) is 10.3. The van der Waals surface area contributed by atoms with Crippen LogP contribution in [0.5, 0.6) is 0 Å². The van der Waals surface area contributed by atoms with E-state index in [-0.39, 0.29) is 0 Å². The van der Waals surface area contributed by atoms with Gasteiger partial charge in [-0.3, -0.25) is 0 Å². The van der Waals surface area contributed by atoms with Crippen LogP contribution >= 0.6 is 22.7 Å². The summed E-state index contributed by atoms with van der Waals surface area (Å²) >= 11 is 3.74. The average Bonchev–Trinajstić information content (AvgIpc) is 3.89. The van der Waals surface area contributed by atoms with Crippen molar-refractivity contribution in [1.29, 1.82) is 0 Å². The Morgan fingerprint density at radius 2 is 1.04 bits per heavy atom. The zero-order valence-electron chi connectivity index (χ0n) is 27.9. The molecule has 0 aliphatic rings. The maximum absolute atomic E-state index is 6.44. The van der Waals surface area contributed by atoms with Gasteiger partial charge in [-0.25, -0.2) is 0 Å². The molecule has 0 saturated carbocycles. The van der Waals surface area contributed by atoms with Crippen LogP contribution in [-0.2, 0) is 0 Å². The summed E-state index contributed by atoms with van der Waals surface area (Å²) in [6.07, 6.45) is 0. The van der Waals surface area contributed by atoms with E-state index in [1.165, 1.54) is 62.6 Å². The number of anilines is 3. The molecule has 0 amide bonds. The average molecular weight is 700 g/mol. The fourth-order valence-electron chi connectivity index (χ4n) is 7.97. The summed E-state index contributed by atoms with van der Waals surface area (Å²) in [5, 5.41) is 7.42. The Kier molecular flexibility index (Phi) is 6.63. The number of thiophene rings is 2. The maximum Gasteiger partial charge on any atom is 0.137 e. The van der Waals surface area contributed by atoms with E-state index in [4.69, 9.17) is 4.42 Å². The van der Waals surface area contributed by atoms with E-state index in [0.717, 1.165) is 39.0 Å². The van der Waals surface area contributed by atoms with E-state index in [1.54, 1.807) is 0 Å². The quantitative estimate of drug-likeness (QED) is 0.178. The molecule has 4 heteroatoms. The highest BCUT2D eigenvalue weighted by molar-refractivity contribution is 7.26. The minimum atomic E-state index is 0.877. The number of rotatable bonds is 5. The van der Waals surface area contributed by atoms with E-state index in [1.807, 2.05) is 28.7 Å². The lowest BCUT2D eigenvalue weighted by Gasteiger charge is -2.28. The number of nitrogens with zero attached hydrogens (tertiary/aromatic N) is 1. The molecule has 0 unspecified atom stereocenters. The summed E-state index contributed by atoms with van der Waals surface area (Å²) in [7, 11) is 0. The van der Waals surface area contributed by atoms with Crippen LogP contribution in [-0.4, -0.2) is 0 Å². The fraction of sp³-hybridized carbons (Fsp3) is 0. The summed E-state index contributed by atoms with van der Waals surface area (Å²) in [6, 6.07) is 63.7. The second-order valence-corrected chi connectivity index (χ2v) is 15.4. The van der Waals surface area contributed by atoms with E-state index in [9.17, 15) is 0 Å². The van der Waals surface area contributed by atoms with Crippen LogP contribution in [0.4, 0.5) is 17.1 Å². The molecule has 11 aromatic rings. The molecule has 0 bridgehead atoms. The van der Waals surface area contributed by atoms with Crippen molar-refractivity contribution in [3.8, 4) is 22.3 Å². The lowest BCUT2D eigenvalue weighted by molar-refractivity contribution is 0.669. The third kappa shape index (κ3) is 4.55. The first-order valence-corrected chi connectivity index (χ1v) is 19.1. The van der Waals surface area contributed by atoms with Gasteiger partial charge >= 0.3 is 0 Å². The lowest BCUT2D eigenvalue weighted by atomic mass is 9.97. The molecule has 0 aliphatic carbocycles. The van der Waals surface area contributed by atoms with Gasteiger partial charge in [0.25, 0.3) is 0 Å². The van der Waals surface area contributed by atoms with Gasteiger partial charge in [0.2, 0.25) is 0 Å². The smallest absolute Gasteiger partial charge is 0.137 e. The van der Waals surface area contributed by atoms with Crippen LogP contribution in [0, 0.1) is 0 Å². The Hall–Kier alpha value is -6.20. The Bertz CT molecular complexity index is 3150. The standard InChI is InChI=1S/C48H29NOS2/c1-2-12-30(13-3-1)33-14-4-7-18-39(33)49(40-19-11-21-42-48(40)37-16-5-8-20-41(37)50-42)32-25-27-44-38(29-32)47-34(17-10-23-45(47)51-44)31-24-26-36-35-15-6-9-22-43(35)52-46(36)28-31/h1-29H. The van der Waals surface area contributed by atoms with E-state index < -0.39 is 0 Å². The van der Waals surface area contributed by atoms with Crippen molar-refractivity contribution in [2.45, 2.75) is 0 Å². The molecule has 3 heterocycles. The number of hydrogen-bond acceptors (Lipinski definition) is 4. The van der Waals surface area contributed by atoms with E-state index in [0.29, 0.717) is 0 Å². The molecule has 2 nitrogen and oxygen atoms in total. The molecular weight excluding hydrogens is 671 g/mol. The third-order valence-corrected chi connectivity index (χ3v) is 12.5. The van der Waals surface area contributed by atoms with Gasteiger partial charge in [0.1, 0.15) is 11.2 Å². The number of para-hydroxylation sites is 2. The Morgan fingerprint density at radius 1 is 0.365 bits per heavy atom. The molecule has 0 aliphatic heterocycles. The molecule has 0 saturated heterocycles. The maximum atomic E-state index is 6.44. The zero-order valence-corrected chi connectivity index (χ0v) is 29.5. The van der Waals surface area contributed by atoms with E-state index >= 15 is 0 Å². The van der Waals surface area contributed by atoms with Crippen molar-refractivity contribution in [1.82, 2.24) is 0 Å². The molecule has 0 N–H and O–H groups in total. The van der Waals surface area contributed by atoms with Crippen LogP contribution in [0.3, 0.4) is 0 Å². The number of furan rings is 1. The van der Waals surface area contributed by atoms with Gasteiger partial charge < -0.3 is 9.32 Å². The Labute approximate surface area is 308 Å². The molecular formula is C48H29NOS2. The van der Waals surface area contributed by atoms with Gasteiger partial charge in [0.15, 0.2) is 0 Å². The summed E-state index contributed by atoms with van der Waals surface area (Å²) < 4.78 is 11.7. The largest absolute Gasteiger partial charge is 0.456 e. The van der Waals surface area contributed by atoms with Gasteiger partial charge in [-0.2, -0.15) is 0 Å². The van der Waals surface area contributed by atoms with Crippen molar-refractivity contribution >= 4 is 102 Å². The van der Waals surface area contributed by atoms with Gasteiger partial charge in [-0.15, -0.1) is 22.7 Å². The van der Waals surface area contributed by atoms with Gasteiger partial charge in [-0.1, -0.05) is 115 Å². The van der Waals surface area contributed by atoms with Crippen LogP contribution in [0.2, 0.25) is 0 Å². The Balaban J connectivity index is 1.18. The fourth-order valence-corrected chi connectivity index (χ4v) is 10.2. The van der Waals surface area contributed by atoms with Gasteiger partial charge in [0.05, 0.1) is 16.8 Å². The highest BCUT2D eigenvalue weighted by atomic mass is 32.1. The highest BCUT2D eigenvalue weighted by Gasteiger charge is 2.23. The minimum absolute atomic E-state index is 0.877. The molecule has 11 rings (SSSR count). The zero-order chi connectivity index (χ0) is 34.2. The molecule has 0 radical (unpaired) electrons. The van der Waals surface area contributed by atoms with Crippen LogP contribution in [0.1, 0.15) is 0 Å². The van der Waals surface area contributed by atoms with Crippen LogP contribution < -0.4 is 4.90 Å². The molecule has 8 aromatic carbocycles.